The molecule has 2 unspecified atom stereocenters. The number of esters is 1. The van der Waals surface area contributed by atoms with Gasteiger partial charge in [-0.2, -0.15) is 13.2 Å². The van der Waals surface area contributed by atoms with Crippen LogP contribution >= 0.6 is 0 Å². The minimum atomic E-state index is -4.65. The van der Waals surface area contributed by atoms with Crippen LogP contribution in [-0.4, -0.2) is 36.5 Å². The van der Waals surface area contributed by atoms with Gasteiger partial charge >= 0.3 is 12.1 Å². The first-order valence-electron chi connectivity index (χ1n) is 5.40. The van der Waals surface area contributed by atoms with Gasteiger partial charge in [0.2, 0.25) is 0 Å². The molecule has 0 saturated heterocycles. The molecule has 0 aliphatic heterocycles. The van der Waals surface area contributed by atoms with Crippen molar-refractivity contribution in [3.05, 3.63) is 29.3 Å². The summed E-state index contributed by atoms with van der Waals surface area (Å²) in [5, 5.41) is 19.2. The molecule has 20 heavy (non-hydrogen) atoms. The van der Waals surface area contributed by atoms with E-state index in [1.54, 1.807) is 0 Å². The minimum absolute atomic E-state index is 0.161. The van der Waals surface area contributed by atoms with Crippen LogP contribution in [-0.2, 0) is 15.7 Å². The molecule has 0 aromatic heterocycles. The van der Waals surface area contributed by atoms with E-state index >= 15 is 0 Å². The molecular weight excluding hydrogens is 281 g/mol. The van der Waals surface area contributed by atoms with Gasteiger partial charge in [-0.25, -0.2) is 4.79 Å². The van der Waals surface area contributed by atoms with E-state index in [2.05, 4.69) is 4.74 Å². The van der Waals surface area contributed by atoms with Crippen molar-refractivity contribution in [3.63, 3.8) is 0 Å². The van der Waals surface area contributed by atoms with Crippen LogP contribution < -0.4 is 4.74 Å². The molecule has 2 atom stereocenters. The number of benzene rings is 1. The molecule has 1 aromatic rings. The maximum Gasteiger partial charge on any atom is 0.416 e. The number of halogens is 3. The van der Waals surface area contributed by atoms with E-state index in [9.17, 15) is 28.2 Å². The lowest BCUT2D eigenvalue weighted by atomic mass is 10.0. The number of methoxy groups -OCH3 is 2. The third kappa shape index (κ3) is 3.61. The average molecular weight is 294 g/mol. The third-order valence-electron chi connectivity index (χ3n) is 2.58. The van der Waals surface area contributed by atoms with Gasteiger partial charge in [0.25, 0.3) is 0 Å². The molecule has 0 amide bonds. The zero-order valence-electron chi connectivity index (χ0n) is 10.6. The molecule has 2 N–H and O–H groups in total. The van der Waals surface area contributed by atoms with Gasteiger partial charge in [0, 0.05) is 0 Å². The Hall–Kier alpha value is -1.80. The van der Waals surface area contributed by atoms with Crippen molar-refractivity contribution in [3.8, 4) is 5.75 Å². The van der Waals surface area contributed by atoms with Gasteiger partial charge in [0.15, 0.2) is 6.10 Å². The predicted molar refractivity (Wildman–Crippen MR) is 61.0 cm³/mol. The van der Waals surface area contributed by atoms with Crippen molar-refractivity contribution in [2.45, 2.75) is 18.4 Å². The summed E-state index contributed by atoms with van der Waals surface area (Å²) in [6.07, 6.45) is -8.51. The first-order chi connectivity index (χ1) is 9.20. The number of alkyl halides is 3. The van der Waals surface area contributed by atoms with E-state index in [0.717, 1.165) is 26.4 Å². The molecule has 0 bridgehead atoms. The smallest absolute Gasteiger partial charge is 0.416 e. The molecular formula is C12H13F3O5. The lowest BCUT2D eigenvalue weighted by Gasteiger charge is -2.18. The molecule has 0 spiro atoms. The topological polar surface area (TPSA) is 76.0 Å². The molecule has 1 aromatic carbocycles. The number of carbonyl (C=O) groups excluding carboxylic acids is 1. The number of carbonyl (C=O) groups is 1. The summed E-state index contributed by atoms with van der Waals surface area (Å²) < 4.78 is 47.0. The molecule has 5 nitrogen and oxygen atoms in total. The normalized spacial score (nSPS) is 14.6. The van der Waals surface area contributed by atoms with Crippen molar-refractivity contribution in [2.75, 3.05) is 14.2 Å². The van der Waals surface area contributed by atoms with E-state index in [4.69, 9.17) is 4.74 Å². The van der Waals surface area contributed by atoms with Crippen molar-refractivity contribution in [1.29, 1.82) is 0 Å². The van der Waals surface area contributed by atoms with Crippen LogP contribution in [0.25, 0.3) is 0 Å². The van der Waals surface area contributed by atoms with Gasteiger partial charge in [-0.15, -0.1) is 0 Å². The van der Waals surface area contributed by atoms with E-state index in [-0.39, 0.29) is 11.3 Å². The Labute approximate surface area is 112 Å². The fourth-order valence-corrected chi connectivity index (χ4v) is 1.51. The van der Waals surface area contributed by atoms with Gasteiger partial charge in [0.05, 0.1) is 19.8 Å². The molecule has 0 heterocycles. The number of hydrogen-bond acceptors (Lipinski definition) is 5. The van der Waals surface area contributed by atoms with Crippen LogP contribution in [0.2, 0.25) is 0 Å². The summed E-state index contributed by atoms with van der Waals surface area (Å²) in [5.74, 6) is -1.32. The quantitative estimate of drug-likeness (QED) is 0.818. The highest BCUT2D eigenvalue weighted by Gasteiger charge is 2.34. The molecule has 0 radical (unpaired) electrons. The van der Waals surface area contributed by atoms with E-state index in [0.29, 0.717) is 6.07 Å². The monoisotopic (exact) mass is 294 g/mol. The van der Waals surface area contributed by atoms with Crippen molar-refractivity contribution in [2.24, 2.45) is 0 Å². The number of aliphatic hydroxyl groups excluding tert-OH is 2. The van der Waals surface area contributed by atoms with Crippen LogP contribution in [0, 0.1) is 0 Å². The van der Waals surface area contributed by atoms with Crippen LogP contribution in [0.4, 0.5) is 13.2 Å². The molecule has 0 fully saturated rings. The molecule has 0 aliphatic carbocycles. The molecule has 1 rings (SSSR count). The molecule has 0 aliphatic rings. The average Bonchev–Trinajstić information content (AvgIpc) is 2.43. The highest BCUT2D eigenvalue weighted by molar-refractivity contribution is 5.75. The molecule has 112 valence electrons. The highest BCUT2D eigenvalue weighted by atomic mass is 19.4. The SMILES string of the molecule is COC(=O)C(O)C(O)c1cc(OC)cc(C(F)(F)F)c1. The first kappa shape index (κ1) is 16.3. The lowest BCUT2D eigenvalue weighted by molar-refractivity contribution is -0.156. The van der Waals surface area contributed by atoms with Gasteiger partial charge in [-0.1, -0.05) is 0 Å². The van der Waals surface area contributed by atoms with Crippen LogP contribution in [0.3, 0.4) is 0 Å². The van der Waals surface area contributed by atoms with E-state index in [1.165, 1.54) is 0 Å². The summed E-state index contributed by atoms with van der Waals surface area (Å²) in [6.45, 7) is 0. The van der Waals surface area contributed by atoms with Crippen molar-refractivity contribution >= 4 is 5.97 Å². The highest BCUT2D eigenvalue weighted by Crippen LogP contribution is 2.34. The van der Waals surface area contributed by atoms with Gasteiger partial charge in [0.1, 0.15) is 11.9 Å². The van der Waals surface area contributed by atoms with Crippen molar-refractivity contribution in [1.82, 2.24) is 0 Å². The number of aliphatic hydroxyl groups is 2. The maximum absolute atomic E-state index is 12.7. The van der Waals surface area contributed by atoms with Crippen LogP contribution in [0.15, 0.2) is 18.2 Å². The zero-order chi connectivity index (χ0) is 15.5. The Balaban J connectivity index is 3.20. The Bertz CT molecular complexity index is 486. The molecule has 0 saturated carbocycles. The third-order valence-corrected chi connectivity index (χ3v) is 2.58. The van der Waals surface area contributed by atoms with Gasteiger partial charge in [-0.05, 0) is 23.8 Å². The Kier molecular flexibility index (Phi) is 4.96. The summed E-state index contributed by atoms with van der Waals surface area (Å²) in [5.41, 5.74) is -1.38. The second-order valence-corrected chi connectivity index (χ2v) is 3.91. The lowest BCUT2D eigenvalue weighted by Crippen LogP contribution is -2.29. The predicted octanol–water partition coefficient (Wildman–Crippen LogP) is 1.28. The second kappa shape index (κ2) is 6.10. The first-order valence-corrected chi connectivity index (χ1v) is 5.40. The summed E-state index contributed by atoms with van der Waals surface area (Å²) >= 11 is 0. The van der Waals surface area contributed by atoms with Crippen molar-refractivity contribution < 1.29 is 37.7 Å². The Morgan fingerprint density at radius 3 is 2.25 bits per heavy atom. The second-order valence-electron chi connectivity index (χ2n) is 3.91. The van der Waals surface area contributed by atoms with E-state index < -0.39 is 29.9 Å². The Morgan fingerprint density at radius 2 is 1.80 bits per heavy atom. The Morgan fingerprint density at radius 1 is 1.20 bits per heavy atom. The van der Waals surface area contributed by atoms with E-state index in [1.807, 2.05) is 0 Å². The minimum Gasteiger partial charge on any atom is -0.497 e. The summed E-state index contributed by atoms with van der Waals surface area (Å²) in [7, 11) is 2.13. The summed E-state index contributed by atoms with van der Waals surface area (Å²) in [6, 6.07) is 2.45. The standard InChI is InChI=1S/C12H13F3O5/c1-19-8-4-6(3-7(5-8)12(13,14)15)9(16)10(17)11(18)20-2/h3-5,9-10,16-17H,1-2H3. The van der Waals surface area contributed by atoms with Crippen LogP contribution in [0.5, 0.6) is 5.75 Å². The number of rotatable bonds is 4. The largest absolute Gasteiger partial charge is 0.497 e. The van der Waals surface area contributed by atoms with Crippen LogP contribution in [0.1, 0.15) is 17.2 Å². The number of hydrogen-bond donors (Lipinski definition) is 2. The molecule has 8 heteroatoms. The zero-order valence-corrected chi connectivity index (χ0v) is 10.6. The number of ether oxygens (including phenoxy) is 2. The fraction of sp³-hybridized carbons (Fsp3) is 0.417. The van der Waals surface area contributed by atoms with Gasteiger partial charge < -0.3 is 19.7 Å². The fourth-order valence-electron chi connectivity index (χ4n) is 1.51. The maximum atomic E-state index is 12.7. The van der Waals surface area contributed by atoms with Gasteiger partial charge in [-0.3, -0.25) is 0 Å². The summed E-state index contributed by atoms with van der Waals surface area (Å²) in [4.78, 5) is 11.1.